The summed E-state index contributed by atoms with van der Waals surface area (Å²) in [5, 5.41) is 4.63. The highest BCUT2D eigenvalue weighted by molar-refractivity contribution is 7.11. The molecule has 4 heteroatoms. The van der Waals surface area contributed by atoms with Gasteiger partial charge in [-0.1, -0.05) is 6.92 Å². The zero-order chi connectivity index (χ0) is 13.1. The van der Waals surface area contributed by atoms with Gasteiger partial charge < -0.3 is 5.32 Å². The third-order valence-corrected chi connectivity index (χ3v) is 4.23. The van der Waals surface area contributed by atoms with Crippen LogP contribution in [-0.2, 0) is 0 Å². The van der Waals surface area contributed by atoms with E-state index in [0.717, 1.165) is 17.2 Å². The van der Waals surface area contributed by atoms with E-state index in [2.05, 4.69) is 43.0 Å². The molecule has 18 heavy (non-hydrogen) atoms. The minimum Gasteiger partial charge on any atom is -0.304 e. The quantitative estimate of drug-likeness (QED) is 0.918. The van der Waals surface area contributed by atoms with Crippen molar-refractivity contribution >= 4 is 11.3 Å². The van der Waals surface area contributed by atoms with Gasteiger partial charge in [0.05, 0.1) is 11.7 Å². The van der Waals surface area contributed by atoms with E-state index in [-0.39, 0.29) is 6.04 Å². The SMILES string of the molecule is CCNC(c1nc(C)c(C)s1)c1cnccc1C. The summed E-state index contributed by atoms with van der Waals surface area (Å²) in [5.41, 5.74) is 3.59. The van der Waals surface area contributed by atoms with Gasteiger partial charge in [0.15, 0.2) is 0 Å². The smallest absolute Gasteiger partial charge is 0.115 e. The Morgan fingerprint density at radius 2 is 2.11 bits per heavy atom. The number of thiazole rings is 1. The lowest BCUT2D eigenvalue weighted by atomic mass is 10.0. The maximum atomic E-state index is 4.67. The summed E-state index contributed by atoms with van der Waals surface area (Å²) in [6.45, 7) is 9.33. The molecule has 0 bridgehead atoms. The Balaban J connectivity index is 2.43. The van der Waals surface area contributed by atoms with Crippen LogP contribution in [-0.4, -0.2) is 16.5 Å². The lowest BCUT2D eigenvalue weighted by molar-refractivity contribution is 0.621. The van der Waals surface area contributed by atoms with Crippen LogP contribution in [0.3, 0.4) is 0 Å². The topological polar surface area (TPSA) is 37.8 Å². The molecule has 1 atom stereocenters. The minimum atomic E-state index is 0.154. The van der Waals surface area contributed by atoms with Crippen LogP contribution in [0.4, 0.5) is 0 Å². The molecule has 0 aliphatic carbocycles. The van der Waals surface area contributed by atoms with E-state index in [0.29, 0.717) is 0 Å². The second-order valence-electron chi connectivity index (χ2n) is 4.42. The van der Waals surface area contributed by atoms with Crippen LogP contribution in [0.15, 0.2) is 18.5 Å². The first-order chi connectivity index (χ1) is 8.63. The van der Waals surface area contributed by atoms with Crippen molar-refractivity contribution in [2.45, 2.75) is 33.7 Å². The van der Waals surface area contributed by atoms with E-state index >= 15 is 0 Å². The van der Waals surface area contributed by atoms with Crippen LogP contribution in [0.1, 0.15) is 39.7 Å². The number of aromatic nitrogens is 2. The van der Waals surface area contributed by atoms with Gasteiger partial charge in [-0.25, -0.2) is 4.98 Å². The van der Waals surface area contributed by atoms with Crippen molar-refractivity contribution in [3.63, 3.8) is 0 Å². The van der Waals surface area contributed by atoms with Crippen molar-refractivity contribution in [1.82, 2.24) is 15.3 Å². The monoisotopic (exact) mass is 261 g/mol. The van der Waals surface area contributed by atoms with Crippen molar-refractivity contribution < 1.29 is 0 Å². The van der Waals surface area contributed by atoms with Crippen molar-refractivity contribution in [2.24, 2.45) is 0 Å². The molecule has 2 heterocycles. The molecule has 0 aliphatic rings. The Bertz CT molecular complexity index is 514. The molecule has 0 saturated heterocycles. The van der Waals surface area contributed by atoms with Gasteiger partial charge in [-0.05, 0) is 44.5 Å². The van der Waals surface area contributed by atoms with Crippen molar-refractivity contribution in [2.75, 3.05) is 6.54 Å². The third-order valence-electron chi connectivity index (χ3n) is 3.09. The Morgan fingerprint density at radius 3 is 2.67 bits per heavy atom. The molecule has 96 valence electrons. The molecule has 0 radical (unpaired) electrons. The molecule has 1 unspecified atom stereocenters. The van der Waals surface area contributed by atoms with Crippen LogP contribution in [0.5, 0.6) is 0 Å². The standard InChI is InChI=1S/C14H19N3S/c1-5-16-13(12-8-15-7-6-9(12)2)14-17-10(3)11(4)18-14/h6-8,13,16H,5H2,1-4H3. The van der Waals surface area contributed by atoms with Crippen LogP contribution in [0, 0.1) is 20.8 Å². The fourth-order valence-electron chi connectivity index (χ4n) is 1.93. The van der Waals surface area contributed by atoms with E-state index in [1.807, 2.05) is 18.5 Å². The highest BCUT2D eigenvalue weighted by Crippen LogP contribution is 2.29. The zero-order valence-corrected chi connectivity index (χ0v) is 12.1. The number of hydrogen-bond donors (Lipinski definition) is 1. The van der Waals surface area contributed by atoms with E-state index in [4.69, 9.17) is 0 Å². The van der Waals surface area contributed by atoms with Gasteiger partial charge in [-0.15, -0.1) is 11.3 Å². The number of nitrogens with zero attached hydrogens (tertiary/aromatic N) is 2. The maximum absolute atomic E-state index is 4.67. The summed E-state index contributed by atoms with van der Waals surface area (Å²) in [6, 6.07) is 2.20. The molecule has 2 aromatic heterocycles. The molecule has 0 fully saturated rings. The largest absolute Gasteiger partial charge is 0.304 e. The second-order valence-corrected chi connectivity index (χ2v) is 5.65. The van der Waals surface area contributed by atoms with Gasteiger partial charge in [0.2, 0.25) is 0 Å². The Labute approximate surface area is 112 Å². The number of nitrogens with one attached hydrogen (secondary N) is 1. The van der Waals surface area contributed by atoms with Crippen molar-refractivity contribution in [1.29, 1.82) is 0 Å². The highest BCUT2D eigenvalue weighted by atomic mass is 32.1. The number of pyridine rings is 1. The molecule has 1 N–H and O–H groups in total. The lowest BCUT2D eigenvalue weighted by Gasteiger charge is -2.17. The average molecular weight is 261 g/mol. The Hall–Kier alpha value is -1.26. The molecule has 0 saturated carbocycles. The summed E-state index contributed by atoms with van der Waals surface area (Å²) >= 11 is 1.76. The van der Waals surface area contributed by atoms with E-state index in [1.54, 1.807) is 11.3 Å². The second kappa shape index (κ2) is 5.59. The lowest BCUT2D eigenvalue weighted by Crippen LogP contribution is -2.22. The summed E-state index contributed by atoms with van der Waals surface area (Å²) in [7, 11) is 0. The van der Waals surface area contributed by atoms with Gasteiger partial charge in [0.25, 0.3) is 0 Å². The Morgan fingerprint density at radius 1 is 1.33 bits per heavy atom. The maximum Gasteiger partial charge on any atom is 0.115 e. The first-order valence-corrected chi connectivity index (χ1v) is 7.03. The van der Waals surface area contributed by atoms with Gasteiger partial charge >= 0.3 is 0 Å². The van der Waals surface area contributed by atoms with Gasteiger partial charge in [0.1, 0.15) is 5.01 Å². The fourth-order valence-corrected chi connectivity index (χ4v) is 2.95. The number of rotatable bonds is 4. The van der Waals surface area contributed by atoms with Gasteiger partial charge in [-0.3, -0.25) is 4.98 Å². The van der Waals surface area contributed by atoms with E-state index < -0.39 is 0 Å². The summed E-state index contributed by atoms with van der Waals surface area (Å²) < 4.78 is 0. The molecular weight excluding hydrogens is 242 g/mol. The molecule has 2 rings (SSSR count). The van der Waals surface area contributed by atoms with Crippen LogP contribution < -0.4 is 5.32 Å². The molecule has 2 aromatic rings. The predicted octanol–water partition coefficient (Wildman–Crippen LogP) is 3.16. The molecule has 0 spiro atoms. The predicted molar refractivity (Wildman–Crippen MR) is 76.1 cm³/mol. The summed E-state index contributed by atoms with van der Waals surface area (Å²) in [5.74, 6) is 0. The molecule has 0 aliphatic heterocycles. The van der Waals surface area contributed by atoms with Crippen molar-refractivity contribution in [3.05, 3.63) is 45.2 Å². The third kappa shape index (κ3) is 2.60. The summed E-state index contributed by atoms with van der Waals surface area (Å²) in [4.78, 5) is 10.2. The fraction of sp³-hybridized carbons (Fsp3) is 0.429. The molecular formula is C14H19N3S. The summed E-state index contributed by atoms with van der Waals surface area (Å²) in [6.07, 6.45) is 3.77. The van der Waals surface area contributed by atoms with Crippen LogP contribution in [0.2, 0.25) is 0 Å². The number of aryl methyl sites for hydroxylation is 3. The molecule has 3 nitrogen and oxygen atoms in total. The molecule has 0 aromatic carbocycles. The number of hydrogen-bond acceptors (Lipinski definition) is 4. The van der Waals surface area contributed by atoms with Crippen molar-refractivity contribution in [3.8, 4) is 0 Å². The highest BCUT2D eigenvalue weighted by Gasteiger charge is 2.19. The zero-order valence-electron chi connectivity index (χ0n) is 11.3. The minimum absolute atomic E-state index is 0.154. The van der Waals surface area contributed by atoms with Crippen LogP contribution >= 0.6 is 11.3 Å². The molecule has 0 amide bonds. The van der Waals surface area contributed by atoms with E-state index in [1.165, 1.54) is 16.0 Å². The first-order valence-electron chi connectivity index (χ1n) is 6.21. The Kier molecular flexibility index (Phi) is 4.09. The first kappa shape index (κ1) is 13.2. The van der Waals surface area contributed by atoms with Crippen LogP contribution in [0.25, 0.3) is 0 Å². The average Bonchev–Trinajstić information content (AvgIpc) is 2.68. The van der Waals surface area contributed by atoms with E-state index in [9.17, 15) is 0 Å². The van der Waals surface area contributed by atoms with Gasteiger partial charge in [-0.2, -0.15) is 0 Å². The van der Waals surface area contributed by atoms with Gasteiger partial charge in [0, 0.05) is 17.3 Å². The normalized spacial score (nSPS) is 12.7.